The predicted octanol–water partition coefficient (Wildman–Crippen LogP) is 2.28. The maximum Gasteiger partial charge on any atom is 0.273 e. The second-order valence-electron chi connectivity index (χ2n) is 6.37. The van der Waals surface area contributed by atoms with Gasteiger partial charge >= 0.3 is 0 Å². The predicted molar refractivity (Wildman–Crippen MR) is 105 cm³/mol. The van der Waals surface area contributed by atoms with E-state index in [4.69, 9.17) is 9.47 Å². The molecule has 2 N–H and O–H groups in total. The Balaban J connectivity index is 1.46. The number of hydrogen-bond donors (Lipinski definition) is 2. The molecule has 0 radical (unpaired) electrons. The molecule has 0 saturated heterocycles. The quantitative estimate of drug-likeness (QED) is 0.665. The van der Waals surface area contributed by atoms with E-state index < -0.39 is 11.8 Å². The minimum atomic E-state index is -0.455. The Bertz CT molecular complexity index is 1050. The Kier molecular flexibility index (Phi) is 5.15. The number of amides is 2. The van der Waals surface area contributed by atoms with Crippen LogP contribution in [0.2, 0.25) is 0 Å². The monoisotopic (exact) mass is 392 g/mol. The highest BCUT2D eigenvalue weighted by Crippen LogP contribution is 2.30. The lowest BCUT2D eigenvalue weighted by atomic mass is 10.2. The van der Waals surface area contributed by atoms with Gasteiger partial charge in [-0.2, -0.15) is 5.10 Å². The number of carbonyl (C=O) groups is 2. The van der Waals surface area contributed by atoms with Gasteiger partial charge in [-0.3, -0.25) is 20.4 Å². The molecule has 1 aromatic heterocycles. The first-order valence-corrected chi connectivity index (χ1v) is 9.30. The molecule has 29 heavy (non-hydrogen) atoms. The lowest BCUT2D eigenvalue weighted by Gasteiger charge is -2.18. The summed E-state index contributed by atoms with van der Waals surface area (Å²) in [6, 6.07) is 14.4. The van der Waals surface area contributed by atoms with Gasteiger partial charge in [0.25, 0.3) is 11.8 Å². The van der Waals surface area contributed by atoms with Gasteiger partial charge in [-0.05, 0) is 36.8 Å². The molecule has 0 unspecified atom stereocenters. The van der Waals surface area contributed by atoms with E-state index in [-0.39, 0.29) is 0 Å². The molecule has 1 aliphatic rings. The fourth-order valence-corrected chi connectivity index (χ4v) is 3.13. The highest BCUT2D eigenvalue weighted by molar-refractivity contribution is 5.99. The average molecular weight is 392 g/mol. The van der Waals surface area contributed by atoms with Crippen molar-refractivity contribution in [3.63, 3.8) is 0 Å². The van der Waals surface area contributed by atoms with Crippen molar-refractivity contribution in [1.29, 1.82) is 0 Å². The van der Waals surface area contributed by atoms with Gasteiger partial charge in [0.2, 0.25) is 0 Å². The summed E-state index contributed by atoms with van der Waals surface area (Å²) in [5.74, 6) is 0.212. The molecule has 0 spiro atoms. The molecule has 4 rings (SSSR count). The van der Waals surface area contributed by atoms with Crippen molar-refractivity contribution in [2.45, 2.75) is 13.3 Å². The number of carbonyl (C=O) groups excluding carboxylic acids is 2. The van der Waals surface area contributed by atoms with Crippen LogP contribution in [-0.4, -0.2) is 34.8 Å². The molecule has 0 saturated carbocycles. The Hall–Kier alpha value is -3.81. The van der Waals surface area contributed by atoms with Gasteiger partial charge < -0.3 is 9.47 Å². The van der Waals surface area contributed by atoms with Crippen LogP contribution < -0.4 is 20.3 Å². The molecule has 0 bridgehead atoms. The lowest BCUT2D eigenvalue weighted by Crippen LogP contribution is -2.41. The van der Waals surface area contributed by atoms with E-state index in [1.165, 1.54) is 6.20 Å². The molecule has 2 heterocycles. The van der Waals surface area contributed by atoms with E-state index in [0.717, 1.165) is 11.4 Å². The van der Waals surface area contributed by atoms with Crippen LogP contribution >= 0.6 is 0 Å². The third-order valence-corrected chi connectivity index (χ3v) is 4.54. The van der Waals surface area contributed by atoms with Crippen LogP contribution in [0, 0.1) is 0 Å². The standard InChI is InChI=1S/C21H20N4O4/c1-2-17-16(13-22-25(17)15-6-4-3-5-7-15)21(27)24-23-20(26)14-8-9-18-19(12-14)29-11-10-28-18/h3-9,12-13H,2,10-11H2,1H3,(H,23,26)(H,24,27). The van der Waals surface area contributed by atoms with Crippen molar-refractivity contribution in [2.75, 3.05) is 13.2 Å². The Morgan fingerprint density at radius 3 is 2.48 bits per heavy atom. The average Bonchev–Trinajstić information content (AvgIpc) is 3.21. The molecule has 2 aromatic carbocycles. The number of hydrogen-bond acceptors (Lipinski definition) is 5. The van der Waals surface area contributed by atoms with Gasteiger partial charge in [0, 0.05) is 5.56 Å². The molecular weight excluding hydrogens is 372 g/mol. The van der Waals surface area contributed by atoms with Crippen LogP contribution in [0.1, 0.15) is 33.3 Å². The van der Waals surface area contributed by atoms with E-state index in [1.807, 2.05) is 37.3 Å². The fraction of sp³-hybridized carbons (Fsp3) is 0.190. The summed E-state index contributed by atoms with van der Waals surface area (Å²) in [4.78, 5) is 25.0. The highest BCUT2D eigenvalue weighted by atomic mass is 16.6. The Labute approximate surface area is 167 Å². The highest BCUT2D eigenvalue weighted by Gasteiger charge is 2.19. The van der Waals surface area contributed by atoms with E-state index in [9.17, 15) is 9.59 Å². The maximum absolute atomic E-state index is 12.6. The van der Waals surface area contributed by atoms with E-state index in [1.54, 1.807) is 22.9 Å². The molecule has 0 fully saturated rings. The zero-order valence-corrected chi connectivity index (χ0v) is 15.8. The lowest BCUT2D eigenvalue weighted by molar-refractivity contribution is 0.0845. The van der Waals surface area contributed by atoms with Crippen LogP contribution in [0.5, 0.6) is 11.5 Å². The first-order chi connectivity index (χ1) is 14.2. The van der Waals surface area contributed by atoms with Crippen LogP contribution in [0.15, 0.2) is 54.7 Å². The van der Waals surface area contributed by atoms with Crippen LogP contribution in [0.4, 0.5) is 0 Å². The van der Waals surface area contributed by atoms with Crippen molar-refractivity contribution < 1.29 is 19.1 Å². The largest absolute Gasteiger partial charge is 0.486 e. The summed E-state index contributed by atoms with van der Waals surface area (Å²) in [6.45, 7) is 2.85. The Morgan fingerprint density at radius 2 is 1.72 bits per heavy atom. The zero-order chi connectivity index (χ0) is 20.2. The Morgan fingerprint density at radius 1 is 1.00 bits per heavy atom. The third-order valence-electron chi connectivity index (χ3n) is 4.54. The third kappa shape index (κ3) is 3.77. The molecular formula is C21H20N4O4. The first-order valence-electron chi connectivity index (χ1n) is 9.30. The van der Waals surface area contributed by atoms with Gasteiger partial charge in [0.15, 0.2) is 11.5 Å². The molecule has 8 nitrogen and oxygen atoms in total. The molecule has 3 aromatic rings. The summed E-state index contributed by atoms with van der Waals surface area (Å²) in [7, 11) is 0. The van der Waals surface area contributed by atoms with Gasteiger partial charge in [-0.15, -0.1) is 0 Å². The molecule has 2 amide bonds. The molecule has 0 aliphatic carbocycles. The number of nitrogens with zero attached hydrogens (tertiary/aromatic N) is 2. The van der Waals surface area contributed by atoms with Crippen molar-refractivity contribution >= 4 is 11.8 Å². The summed E-state index contributed by atoms with van der Waals surface area (Å²) in [5, 5.41) is 4.32. The number of rotatable bonds is 4. The van der Waals surface area contributed by atoms with E-state index in [0.29, 0.717) is 42.3 Å². The van der Waals surface area contributed by atoms with Crippen LogP contribution in [0.25, 0.3) is 5.69 Å². The molecule has 148 valence electrons. The van der Waals surface area contributed by atoms with Crippen molar-refractivity contribution in [3.05, 3.63) is 71.5 Å². The summed E-state index contributed by atoms with van der Waals surface area (Å²) in [6.07, 6.45) is 2.10. The van der Waals surface area contributed by atoms with E-state index in [2.05, 4.69) is 16.0 Å². The van der Waals surface area contributed by atoms with Crippen molar-refractivity contribution in [1.82, 2.24) is 20.6 Å². The second kappa shape index (κ2) is 8.05. The minimum Gasteiger partial charge on any atom is -0.486 e. The first kappa shape index (κ1) is 18.5. The zero-order valence-electron chi connectivity index (χ0n) is 15.8. The maximum atomic E-state index is 12.6. The molecule has 8 heteroatoms. The number of aromatic nitrogens is 2. The van der Waals surface area contributed by atoms with Gasteiger partial charge in [-0.1, -0.05) is 25.1 Å². The van der Waals surface area contributed by atoms with Crippen molar-refractivity contribution in [3.8, 4) is 17.2 Å². The number of fused-ring (bicyclic) bond motifs is 1. The summed E-state index contributed by atoms with van der Waals surface area (Å²) >= 11 is 0. The smallest absolute Gasteiger partial charge is 0.273 e. The van der Waals surface area contributed by atoms with Gasteiger partial charge in [0.05, 0.1) is 23.1 Å². The summed E-state index contributed by atoms with van der Waals surface area (Å²) < 4.78 is 12.6. The number of ether oxygens (including phenoxy) is 2. The number of hydrazine groups is 1. The van der Waals surface area contributed by atoms with Gasteiger partial charge in [0.1, 0.15) is 13.2 Å². The topological polar surface area (TPSA) is 94.5 Å². The van der Waals surface area contributed by atoms with E-state index >= 15 is 0 Å². The molecule has 1 aliphatic heterocycles. The number of para-hydroxylation sites is 1. The fourth-order valence-electron chi connectivity index (χ4n) is 3.13. The van der Waals surface area contributed by atoms with Crippen LogP contribution in [-0.2, 0) is 6.42 Å². The SMILES string of the molecule is CCc1c(C(=O)NNC(=O)c2ccc3c(c2)OCCO3)cnn1-c1ccccc1. The van der Waals surface area contributed by atoms with Crippen LogP contribution in [0.3, 0.4) is 0 Å². The minimum absolute atomic E-state index is 0.352. The second-order valence-corrected chi connectivity index (χ2v) is 6.37. The van der Waals surface area contributed by atoms with Crippen molar-refractivity contribution in [2.24, 2.45) is 0 Å². The summed E-state index contributed by atoms with van der Waals surface area (Å²) in [5.41, 5.74) is 7.26. The molecule has 0 atom stereocenters. The number of benzene rings is 2. The van der Waals surface area contributed by atoms with Gasteiger partial charge in [-0.25, -0.2) is 4.68 Å². The normalized spacial score (nSPS) is 12.3. The number of nitrogens with one attached hydrogen (secondary N) is 2.